The van der Waals surface area contributed by atoms with Crippen molar-refractivity contribution >= 4 is 34.8 Å². The van der Waals surface area contributed by atoms with Crippen LogP contribution >= 0.6 is 0 Å². The molecule has 3 aromatic heterocycles. The number of nitrogens with two attached hydrogens (primary N) is 2. The molecule has 5 atom stereocenters. The second kappa shape index (κ2) is 12.7. The van der Waals surface area contributed by atoms with Gasteiger partial charge < -0.3 is 45.2 Å². The molecule has 1 aromatic carbocycles. The number of carbonyl (C=O) groups is 1. The predicted octanol–water partition coefficient (Wildman–Crippen LogP) is 4.58. The van der Waals surface area contributed by atoms with Gasteiger partial charge in [-0.15, -0.1) is 0 Å². The maximum atomic E-state index is 14.1. The quantitative estimate of drug-likeness (QED) is 0.157. The number of aromatic hydroxyl groups is 1. The number of pyridine rings is 2. The van der Waals surface area contributed by atoms with Gasteiger partial charge in [-0.25, -0.2) is 14.8 Å². The Morgan fingerprint density at radius 2 is 1.85 bits per heavy atom. The molecule has 14 nitrogen and oxygen atoms in total. The van der Waals surface area contributed by atoms with E-state index in [0.717, 1.165) is 29.1 Å². The van der Waals surface area contributed by atoms with E-state index in [9.17, 15) is 19.8 Å². The van der Waals surface area contributed by atoms with E-state index in [1.807, 2.05) is 38.3 Å². The summed E-state index contributed by atoms with van der Waals surface area (Å²) in [5, 5.41) is 22.8. The Morgan fingerprint density at radius 1 is 1.04 bits per heavy atom. The van der Waals surface area contributed by atoms with E-state index in [1.165, 1.54) is 11.6 Å². The van der Waals surface area contributed by atoms with Gasteiger partial charge in [0.2, 0.25) is 0 Å². The second-order valence-electron chi connectivity index (χ2n) is 15.8. The minimum atomic E-state index is -1.35. The van der Waals surface area contributed by atoms with Crippen molar-refractivity contribution in [1.29, 1.82) is 0 Å². The summed E-state index contributed by atoms with van der Waals surface area (Å²) in [6, 6.07) is 10.4. The smallest absolute Gasteiger partial charge is 0.341 e. The highest BCUT2D eigenvalue weighted by Gasteiger charge is 2.65. The molecule has 5 aliphatic rings. The van der Waals surface area contributed by atoms with Crippen molar-refractivity contribution in [3.8, 4) is 22.8 Å². The summed E-state index contributed by atoms with van der Waals surface area (Å²) >= 11 is 0. The van der Waals surface area contributed by atoms with Crippen LogP contribution in [0.15, 0.2) is 74.1 Å². The molecule has 1 spiro atoms. The van der Waals surface area contributed by atoms with E-state index >= 15 is 0 Å². The molecule has 0 bridgehead atoms. The lowest BCUT2D eigenvalue weighted by Crippen LogP contribution is -2.52. The minimum absolute atomic E-state index is 0.0310. The molecule has 2 fully saturated rings. The highest BCUT2D eigenvalue weighted by molar-refractivity contribution is 5.88. The molecule has 55 heavy (non-hydrogen) atoms. The third-order valence-corrected chi connectivity index (χ3v) is 11.3. The first-order valence-electron chi connectivity index (χ1n) is 18.6. The SMILES string of the molecule is Cc1cc(=O)c2c(O)c3c(cc2o1)OC(C)(C)[C@@H]1OC(=O)[C@]2(C[C@H](O)CC[C@@H]31)O[C@@H]2CCc1cc(N)nc(-c2cc(N)nc(CN3C=C4N=CC=C4C3)c2)c1. The lowest BCUT2D eigenvalue weighted by Gasteiger charge is -2.44. The Bertz CT molecular complexity index is 2440. The Kier molecular flexibility index (Phi) is 8.06. The third-order valence-electron chi connectivity index (χ3n) is 11.3. The van der Waals surface area contributed by atoms with Crippen LogP contribution in [0.5, 0.6) is 11.5 Å². The van der Waals surface area contributed by atoms with Gasteiger partial charge in [-0.1, -0.05) is 0 Å². The lowest BCUT2D eigenvalue weighted by atomic mass is 9.77. The van der Waals surface area contributed by atoms with Crippen molar-refractivity contribution in [1.82, 2.24) is 14.9 Å². The first-order chi connectivity index (χ1) is 26.3. The molecule has 0 aliphatic carbocycles. The number of epoxide rings is 1. The van der Waals surface area contributed by atoms with Crippen molar-refractivity contribution in [2.75, 3.05) is 18.0 Å². The summed E-state index contributed by atoms with van der Waals surface area (Å²) in [5.41, 5.74) is 15.6. The number of nitrogen functional groups attached to an aromatic ring is 2. The van der Waals surface area contributed by atoms with E-state index in [-0.39, 0.29) is 23.1 Å². The van der Waals surface area contributed by atoms with Crippen LogP contribution < -0.4 is 21.6 Å². The topological polar surface area (TPSA) is 212 Å². The number of phenols is 1. The molecule has 0 unspecified atom stereocenters. The molecule has 8 heterocycles. The highest BCUT2D eigenvalue weighted by Crippen LogP contribution is 2.54. The Hall–Kier alpha value is -5.73. The number of aliphatic hydroxyl groups excluding tert-OH is 1. The summed E-state index contributed by atoms with van der Waals surface area (Å²) in [4.78, 5) is 42.8. The van der Waals surface area contributed by atoms with Crippen molar-refractivity contribution in [3.63, 3.8) is 0 Å². The van der Waals surface area contributed by atoms with Crippen LogP contribution in [0, 0.1) is 6.92 Å². The molecule has 2 saturated heterocycles. The molecule has 284 valence electrons. The summed E-state index contributed by atoms with van der Waals surface area (Å²) in [7, 11) is 0. The first kappa shape index (κ1) is 35.0. The summed E-state index contributed by atoms with van der Waals surface area (Å²) in [6.45, 7) is 6.59. The van der Waals surface area contributed by atoms with E-state index in [1.54, 1.807) is 31.3 Å². The number of hydrogen-bond acceptors (Lipinski definition) is 14. The Balaban J connectivity index is 0.936. The average molecular weight is 747 g/mol. The largest absolute Gasteiger partial charge is 0.507 e. The van der Waals surface area contributed by atoms with Gasteiger partial charge >= 0.3 is 5.97 Å². The monoisotopic (exact) mass is 746 g/mol. The number of nitrogens with zero attached hydrogens (tertiary/aromatic N) is 4. The number of anilines is 2. The summed E-state index contributed by atoms with van der Waals surface area (Å²) in [6.07, 6.45) is 5.25. The van der Waals surface area contributed by atoms with Crippen LogP contribution in [0.2, 0.25) is 0 Å². The number of aromatic nitrogens is 2. The number of ether oxygens (including phenoxy) is 3. The van der Waals surface area contributed by atoms with Crippen molar-refractivity contribution in [2.24, 2.45) is 4.99 Å². The number of hydrogen-bond donors (Lipinski definition) is 4. The van der Waals surface area contributed by atoms with Crippen LogP contribution in [0.1, 0.15) is 68.0 Å². The fourth-order valence-electron chi connectivity index (χ4n) is 8.76. The molecular formula is C41H42N6O8. The number of aliphatic hydroxyl groups is 1. The molecule has 0 amide bonds. The van der Waals surface area contributed by atoms with Crippen molar-refractivity contribution in [3.05, 3.63) is 92.7 Å². The molecule has 0 saturated carbocycles. The van der Waals surface area contributed by atoms with Crippen LogP contribution in [0.25, 0.3) is 22.2 Å². The molecule has 0 radical (unpaired) electrons. The summed E-state index contributed by atoms with van der Waals surface area (Å²) in [5.74, 6) is 0.00377. The van der Waals surface area contributed by atoms with Crippen LogP contribution in [0.4, 0.5) is 11.6 Å². The van der Waals surface area contributed by atoms with Gasteiger partial charge in [0.1, 0.15) is 51.6 Å². The fourth-order valence-corrected chi connectivity index (χ4v) is 8.76. The standard InChI is InChI=1S/C41H42N6O8/c1-20-10-29(49)36-30(52-20)15-31-35(37(36)50)26-6-5-25(48)16-41(39(51)53-38(26)40(2,3)54-31)32(55-41)7-4-21-11-27(46-33(42)12-21)23-13-24(45-34(43)14-23)18-47-17-22-8-9-44-28(22)19-47/h8-15,19,25-26,32,38,48,50H,4-7,16-18H2,1-3H3,(H2,42,46)(H2,43,45)/t25-,26+,32-,38-,41-/m1/s1. The van der Waals surface area contributed by atoms with Gasteiger partial charge in [0, 0.05) is 60.1 Å². The number of fused-ring (bicyclic) bond motifs is 5. The zero-order chi connectivity index (χ0) is 38.4. The second-order valence-corrected chi connectivity index (χ2v) is 15.8. The number of allylic oxidation sites excluding steroid dienone is 1. The zero-order valence-corrected chi connectivity index (χ0v) is 30.7. The van der Waals surface area contributed by atoms with E-state index in [4.69, 9.17) is 30.1 Å². The maximum Gasteiger partial charge on any atom is 0.341 e. The van der Waals surface area contributed by atoms with Crippen molar-refractivity contribution < 1.29 is 33.6 Å². The van der Waals surface area contributed by atoms with Crippen molar-refractivity contribution in [2.45, 2.75) is 94.9 Å². The van der Waals surface area contributed by atoms with E-state index < -0.39 is 46.8 Å². The predicted molar refractivity (Wildman–Crippen MR) is 203 cm³/mol. The fraction of sp³-hybridized carbons (Fsp3) is 0.390. The van der Waals surface area contributed by atoms with Crippen LogP contribution in [0.3, 0.4) is 0 Å². The Labute approximate surface area is 316 Å². The van der Waals surface area contributed by atoms with Crippen LogP contribution in [-0.4, -0.2) is 73.3 Å². The molecule has 14 heteroatoms. The molecule has 6 N–H and O–H groups in total. The number of benzene rings is 1. The van der Waals surface area contributed by atoms with Gasteiger partial charge in [0.05, 0.1) is 35.8 Å². The van der Waals surface area contributed by atoms with E-state index in [2.05, 4.69) is 19.9 Å². The van der Waals surface area contributed by atoms with Gasteiger partial charge in [-0.05, 0) is 82.4 Å². The number of esters is 1. The molecular weight excluding hydrogens is 704 g/mol. The van der Waals surface area contributed by atoms with Gasteiger partial charge in [-0.3, -0.25) is 9.79 Å². The van der Waals surface area contributed by atoms with Gasteiger partial charge in [0.15, 0.2) is 11.0 Å². The maximum absolute atomic E-state index is 14.1. The average Bonchev–Trinajstić information content (AvgIpc) is 3.37. The Morgan fingerprint density at radius 3 is 2.67 bits per heavy atom. The number of rotatable bonds is 6. The first-order valence-corrected chi connectivity index (χ1v) is 18.6. The van der Waals surface area contributed by atoms with Crippen LogP contribution in [-0.2, 0) is 27.2 Å². The molecule has 4 aromatic rings. The highest BCUT2D eigenvalue weighted by atomic mass is 16.7. The lowest BCUT2D eigenvalue weighted by molar-refractivity contribution is -0.171. The zero-order valence-electron chi connectivity index (χ0n) is 30.7. The number of phenolic OH excluding ortho intramolecular Hbond substituents is 1. The summed E-state index contributed by atoms with van der Waals surface area (Å²) < 4.78 is 24.6. The van der Waals surface area contributed by atoms with Gasteiger partial charge in [0.25, 0.3) is 0 Å². The molecule has 5 aliphatic heterocycles. The normalized spacial score (nSPS) is 26.3. The minimum Gasteiger partial charge on any atom is -0.507 e. The van der Waals surface area contributed by atoms with Gasteiger partial charge in [-0.2, -0.15) is 0 Å². The third kappa shape index (κ3) is 6.18. The van der Waals surface area contributed by atoms with E-state index in [0.29, 0.717) is 66.6 Å². The number of aryl methyl sites for hydroxylation is 2. The number of aliphatic imine (C=N–C) groups is 1. The number of carbonyl (C=O) groups excluding carboxylic acids is 1. The molecule has 9 rings (SSSR count).